The zero-order valence-corrected chi connectivity index (χ0v) is 14.6. The zero-order chi connectivity index (χ0) is 17.6. The predicted molar refractivity (Wildman–Crippen MR) is 100 cm³/mol. The van der Waals surface area contributed by atoms with Crippen molar-refractivity contribution in [1.82, 2.24) is 4.57 Å². The highest BCUT2D eigenvalue weighted by Gasteiger charge is 2.09. The fraction of sp³-hybridized carbons (Fsp3) is 0.190. The van der Waals surface area contributed by atoms with Gasteiger partial charge in [-0.3, -0.25) is 4.79 Å². The maximum Gasteiger partial charge on any atom is 0.193 e. The molecule has 3 nitrogen and oxygen atoms in total. The molecule has 1 heterocycles. The Kier molecular flexibility index (Phi) is 5.69. The predicted octanol–water partition coefficient (Wildman–Crippen LogP) is 4.35. The Morgan fingerprint density at radius 3 is 2.24 bits per heavy atom. The summed E-state index contributed by atoms with van der Waals surface area (Å²) in [6.45, 7) is 1.01. The fourth-order valence-corrected chi connectivity index (χ4v) is 2.95. The summed E-state index contributed by atoms with van der Waals surface area (Å²) in [6.07, 6.45) is 3.58. The van der Waals surface area contributed by atoms with Crippen LogP contribution in [-0.4, -0.2) is 22.1 Å². The van der Waals surface area contributed by atoms with E-state index in [2.05, 4.69) is 10.6 Å². The van der Waals surface area contributed by atoms with Crippen molar-refractivity contribution in [2.45, 2.75) is 19.4 Å². The van der Waals surface area contributed by atoms with Gasteiger partial charge in [0, 0.05) is 47.6 Å². The third-order valence-electron chi connectivity index (χ3n) is 4.19. The van der Waals surface area contributed by atoms with Crippen LogP contribution in [0.2, 0.25) is 5.02 Å². The topological polar surface area (TPSA) is 42.2 Å². The Balaban J connectivity index is 1.71. The summed E-state index contributed by atoms with van der Waals surface area (Å²) in [7, 11) is 0. The number of nitrogens with zero attached hydrogens (tertiary/aromatic N) is 1. The van der Waals surface area contributed by atoms with Crippen molar-refractivity contribution in [3.63, 3.8) is 0 Å². The van der Waals surface area contributed by atoms with Gasteiger partial charge < -0.3 is 9.67 Å². The Hall–Kier alpha value is -2.36. The van der Waals surface area contributed by atoms with E-state index < -0.39 is 0 Å². The lowest BCUT2D eigenvalue weighted by Gasteiger charge is -2.09. The monoisotopic (exact) mass is 353 g/mol. The van der Waals surface area contributed by atoms with Gasteiger partial charge in [0.2, 0.25) is 0 Å². The molecular formula is C21H20ClNO2. The number of hydrogen-bond donors (Lipinski definition) is 1. The van der Waals surface area contributed by atoms with Crippen LogP contribution in [0.5, 0.6) is 0 Å². The molecule has 0 saturated heterocycles. The Labute approximate surface area is 152 Å². The van der Waals surface area contributed by atoms with E-state index in [0.717, 1.165) is 24.9 Å². The maximum absolute atomic E-state index is 12.5. The van der Waals surface area contributed by atoms with Crippen LogP contribution >= 0.6 is 11.6 Å². The van der Waals surface area contributed by atoms with E-state index in [1.807, 2.05) is 36.5 Å². The van der Waals surface area contributed by atoms with Crippen molar-refractivity contribution in [2.24, 2.45) is 0 Å². The third kappa shape index (κ3) is 4.38. The molecule has 0 unspecified atom stereocenters. The van der Waals surface area contributed by atoms with Crippen LogP contribution < -0.4 is 0 Å². The summed E-state index contributed by atoms with van der Waals surface area (Å²) in [5.41, 5.74) is 3.65. The SMILES string of the molecule is O=C(c1ccc(Cl)cc1)c1ccc(Cc2cccn2CCCO)cc1. The van der Waals surface area contributed by atoms with Crippen molar-refractivity contribution >= 4 is 17.4 Å². The molecule has 4 heteroatoms. The van der Waals surface area contributed by atoms with Crippen LogP contribution in [0.15, 0.2) is 66.9 Å². The summed E-state index contributed by atoms with van der Waals surface area (Å²) < 4.78 is 2.16. The van der Waals surface area contributed by atoms with Crippen molar-refractivity contribution in [3.05, 3.63) is 94.3 Å². The molecular weight excluding hydrogens is 334 g/mol. The quantitative estimate of drug-likeness (QED) is 0.642. The number of hydrogen-bond acceptors (Lipinski definition) is 2. The van der Waals surface area contributed by atoms with E-state index in [0.29, 0.717) is 16.1 Å². The first-order valence-electron chi connectivity index (χ1n) is 8.31. The second kappa shape index (κ2) is 8.15. The molecule has 0 atom stereocenters. The van der Waals surface area contributed by atoms with E-state index in [9.17, 15) is 4.79 Å². The first kappa shape index (κ1) is 17.5. The average Bonchev–Trinajstić information content (AvgIpc) is 3.07. The number of carbonyl (C=O) groups is 1. The second-order valence-electron chi connectivity index (χ2n) is 5.98. The summed E-state index contributed by atoms with van der Waals surface area (Å²) in [5.74, 6) is -0.00506. The molecule has 128 valence electrons. The van der Waals surface area contributed by atoms with Gasteiger partial charge in [-0.05, 0) is 48.4 Å². The molecule has 0 saturated carbocycles. The molecule has 0 spiro atoms. The molecule has 3 rings (SSSR count). The highest BCUT2D eigenvalue weighted by molar-refractivity contribution is 6.30. The summed E-state index contributed by atoms with van der Waals surface area (Å²) in [4.78, 5) is 12.5. The van der Waals surface area contributed by atoms with Gasteiger partial charge in [-0.25, -0.2) is 0 Å². The van der Waals surface area contributed by atoms with Crippen molar-refractivity contribution in [1.29, 1.82) is 0 Å². The summed E-state index contributed by atoms with van der Waals surface area (Å²) >= 11 is 5.87. The van der Waals surface area contributed by atoms with E-state index in [1.165, 1.54) is 5.69 Å². The van der Waals surface area contributed by atoms with Gasteiger partial charge in [0.05, 0.1) is 0 Å². The fourth-order valence-electron chi connectivity index (χ4n) is 2.82. The third-order valence-corrected chi connectivity index (χ3v) is 4.44. The smallest absolute Gasteiger partial charge is 0.193 e. The van der Waals surface area contributed by atoms with Crippen LogP contribution in [-0.2, 0) is 13.0 Å². The number of aliphatic hydroxyl groups excluding tert-OH is 1. The zero-order valence-electron chi connectivity index (χ0n) is 13.9. The van der Waals surface area contributed by atoms with Crippen molar-refractivity contribution in [3.8, 4) is 0 Å². The van der Waals surface area contributed by atoms with Gasteiger partial charge in [0.1, 0.15) is 0 Å². The van der Waals surface area contributed by atoms with Crippen LogP contribution in [0.25, 0.3) is 0 Å². The first-order valence-corrected chi connectivity index (χ1v) is 8.69. The number of ketones is 1. The Morgan fingerprint density at radius 1 is 0.960 bits per heavy atom. The van der Waals surface area contributed by atoms with Crippen LogP contribution in [0.3, 0.4) is 0 Å². The molecule has 0 aliphatic carbocycles. The van der Waals surface area contributed by atoms with Crippen LogP contribution in [0, 0.1) is 0 Å². The molecule has 0 aliphatic rings. The minimum absolute atomic E-state index is 0.00506. The lowest BCUT2D eigenvalue weighted by molar-refractivity contribution is 0.103. The largest absolute Gasteiger partial charge is 0.396 e. The molecule has 0 fully saturated rings. The van der Waals surface area contributed by atoms with Gasteiger partial charge in [0.25, 0.3) is 0 Å². The van der Waals surface area contributed by atoms with Crippen LogP contribution in [0.1, 0.15) is 33.6 Å². The van der Waals surface area contributed by atoms with Gasteiger partial charge in [-0.2, -0.15) is 0 Å². The number of aryl methyl sites for hydroxylation is 1. The molecule has 25 heavy (non-hydrogen) atoms. The first-order chi connectivity index (χ1) is 12.2. The highest BCUT2D eigenvalue weighted by Crippen LogP contribution is 2.16. The molecule has 1 aromatic heterocycles. The molecule has 0 amide bonds. The van der Waals surface area contributed by atoms with Gasteiger partial charge >= 0.3 is 0 Å². The van der Waals surface area contributed by atoms with Crippen molar-refractivity contribution < 1.29 is 9.90 Å². The average molecular weight is 354 g/mol. The molecule has 0 radical (unpaired) electrons. The summed E-state index contributed by atoms with van der Waals surface area (Å²) in [6, 6.07) is 18.8. The van der Waals surface area contributed by atoms with E-state index in [4.69, 9.17) is 16.7 Å². The molecule has 1 N–H and O–H groups in total. The molecule has 3 aromatic rings. The minimum atomic E-state index is -0.00506. The number of rotatable bonds is 7. The minimum Gasteiger partial charge on any atom is -0.396 e. The van der Waals surface area contributed by atoms with E-state index in [1.54, 1.807) is 24.3 Å². The lowest BCUT2D eigenvalue weighted by atomic mass is 10.0. The van der Waals surface area contributed by atoms with E-state index in [-0.39, 0.29) is 12.4 Å². The van der Waals surface area contributed by atoms with Gasteiger partial charge in [-0.1, -0.05) is 35.9 Å². The van der Waals surface area contributed by atoms with Gasteiger partial charge in [0.15, 0.2) is 5.78 Å². The standard InChI is InChI=1S/C21H20ClNO2/c22-19-10-8-18(9-11-19)21(25)17-6-4-16(5-7-17)15-20-3-1-12-23(20)13-2-14-24/h1,3-12,24H,2,13-15H2. The number of halogens is 1. The molecule has 0 bridgehead atoms. The number of aromatic nitrogens is 1. The Bertz CT molecular complexity index is 835. The molecule has 0 aliphatic heterocycles. The Morgan fingerprint density at radius 2 is 1.60 bits per heavy atom. The lowest BCUT2D eigenvalue weighted by Crippen LogP contribution is -2.05. The number of aliphatic hydroxyl groups is 1. The number of benzene rings is 2. The second-order valence-corrected chi connectivity index (χ2v) is 6.42. The number of carbonyl (C=O) groups excluding carboxylic acids is 1. The highest BCUT2D eigenvalue weighted by atomic mass is 35.5. The summed E-state index contributed by atoms with van der Waals surface area (Å²) in [5, 5.41) is 9.61. The van der Waals surface area contributed by atoms with Crippen LogP contribution in [0.4, 0.5) is 0 Å². The van der Waals surface area contributed by atoms with Crippen molar-refractivity contribution in [2.75, 3.05) is 6.61 Å². The maximum atomic E-state index is 12.5. The van der Waals surface area contributed by atoms with Gasteiger partial charge in [-0.15, -0.1) is 0 Å². The normalized spacial score (nSPS) is 10.8. The molecule has 2 aromatic carbocycles. The van der Waals surface area contributed by atoms with E-state index >= 15 is 0 Å².